The van der Waals surface area contributed by atoms with Crippen LogP contribution in [0.25, 0.3) is 0 Å². The molecule has 0 spiro atoms. The first-order valence-corrected chi connectivity index (χ1v) is 11.6. The summed E-state index contributed by atoms with van der Waals surface area (Å²) in [6.45, 7) is 2.85. The first kappa shape index (κ1) is 27.0. The van der Waals surface area contributed by atoms with Gasteiger partial charge >= 0.3 is 12.4 Å². The van der Waals surface area contributed by atoms with Crippen molar-refractivity contribution in [3.8, 4) is 5.75 Å². The molecular formula is C26H25F3N4O5. The number of ether oxygens (including phenoxy) is 1. The Morgan fingerprint density at radius 2 is 1.42 bits per heavy atom. The molecule has 2 atom stereocenters. The number of nitrogens with zero attached hydrogens (tertiary/aromatic N) is 3. The molecule has 1 aliphatic heterocycles. The van der Waals surface area contributed by atoms with Gasteiger partial charge in [-0.3, -0.25) is 14.8 Å². The number of aliphatic hydroxyl groups excluding tert-OH is 2. The Labute approximate surface area is 215 Å². The number of aromatic nitrogens is 2. The van der Waals surface area contributed by atoms with Gasteiger partial charge in [0.2, 0.25) is 0 Å². The molecule has 0 aliphatic carbocycles. The summed E-state index contributed by atoms with van der Waals surface area (Å²) in [5, 5.41) is 22.0. The fourth-order valence-corrected chi connectivity index (χ4v) is 4.79. The van der Waals surface area contributed by atoms with E-state index in [2.05, 4.69) is 20.0 Å². The maximum Gasteiger partial charge on any atom is 0.573 e. The minimum absolute atomic E-state index is 0.0554. The molecule has 2 aromatic heterocycles. The molecule has 12 heteroatoms. The molecule has 1 aliphatic rings. The van der Waals surface area contributed by atoms with Gasteiger partial charge in [-0.25, -0.2) is 9.69 Å². The second-order valence-corrected chi connectivity index (χ2v) is 8.90. The summed E-state index contributed by atoms with van der Waals surface area (Å²) < 4.78 is 41.7. The molecule has 0 saturated carbocycles. The van der Waals surface area contributed by atoms with Gasteiger partial charge in [0.25, 0.3) is 5.91 Å². The van der Waals surface area contributed by atoms with Crippen LogP contribution in [0.1, 0.15) is 48.2 Å². The molecular weight excluding hydrogens is 505 g/mol. The first-order chi connectivity index (χ1) is 18.0. The normalized spacial score (nSPS) is 19.3. The monoisotopic (exact) mass is 530 g/mol. The Morgan fingerprint density at radius 3 is 1.87 bits per heavy atom. The number of hydrogen-bond acceptors (Lipinski definition) is 7. The second-order valence-electron chi connectivity index (χ2n) is 8.90. The molecule has 3 heterocycles. The van der Waals surface area contributed by atoms with Crippen molar-refractivity contribution in [1.29, 1.82) is 0 Å². The Balaban J connectivity index is 1.80. The van der Waals surface area contributed by atoms with Crippen molar-refractivity contribution in [3.63, 3.8) is 0 Å². The highest BCUT2D eigenvalue weighted by molar-refractivity contribution is 6.24. The minimum atomic E-state index is -4.89. The van der Waals surface area contributed by atoms with Gasteiger partial charge in [0.1, 0.15) is 11.3 Å². The molecule has 3 aromatic rings. The number of amides is 3. The third-order valence-corrected chi connectivity index (χ3v) is 6.77. The zero-order valence-electron chi connectivity index (χ0n) is 20.4. The van der Waals surface area contributed by atoms with Crippen LogP contribution in [-0.2, 0) is 18.0 Å². The van der Waals surface area contributed by atoms with Crippen molar-refractivity contribution in [3.05, 3.63) is 83.4 Å². The van der Waals surface area contributed by atoms with Crippen molar-refractivity contribution >= 4 is 17.6 Å². The predicted octanol–water partition coefficient (Wildman–Crippen LogP) is 3.76. The van der Waals surface area contributed by atoms with Gasteiger partial charge in [-0.2, -0.15) is 0 Å². The molecule has 200 valence electrons. The average Bonchev–Trinajstić information content (AvgIpc) is 3.17. The van der Waals surface area contributed by atoms with Gasteiger partial charge in [0.15, 0.2) is 0 Å². The Morgan fingerprint density at radius 1 is 0.921 bits per heavy atom. The van der Waals surface area contributed by atoms with Crippen molar-refractivity contribution in [2.24, 2.45) is 0 Å². The van der Waals surface area contributed by atoms with Crippen LogP contribution in [0.3, 0.4) is 0 Å². The van der Waals surface area contributed by atoms with Gasteiger partial charge in [-0.15, -0.1) is 13.2 Å². The lowest BCUT2D eigenvalue weighted by atomic mass is 9.69. The number of halogens is 3. The van der Waals surface area contributed by atoms with E-state index in [4.69, 9.17) is 0 Å². The number of nitrogens with one attached hydrogen (secondary N) is 1. The van der Waals surface area contributed by atoms with Crippen molar-refractivity contribution in [2.45, 2.75) is 50.8 Å². The van der Waals surface area contributed by atoms with Crippen LogP contribution in [0, 0.1) is 0 Å². The highest BCUT2D eigenvalue weighted by Gasteiger charge is 2.58. The third kappa shape index (κ3) is 5.04. The van der Waals surface area contributed by atoms with Crippen molar-refractivity contribution in [2.75, 3.05) is 4.90 Å². The maximum atomic E-state index is 14.2. The van der Waals surface area contributed by atoms with E-state index in [1.165, 1.54) is 24.5 Å². The van der Waals surface area contributed by atoms with Crippen LogP contribution < -0.4 is 15.0 Å². The number of alkyl halides is 3. The topological polar surface area (TPSA) is 125 Å². The lowest BCUT2D eigenvalue weighted by molar-refractivity contribution is -0.274. The van der Waals surface area contributed by atoms with Crippen LogP contribution in [0.15, 0.2) is 60.9 Å². The van der Waals surface area contributed by atoms with Gasteiger partial charge < -0.3 is 20.3 Å². The number of carbonyl (C=O) groups is 2. The number of carbonyl (C=O) groups excluding carboxylic acids is 2. The summed E-state index contributed by atoms with van der Waals surface area (Å²) in [5.74, 6) is -2.42. The number of anilines is 1. The standard InChI is InChI=1S/C26H25F3N4O5/c1-15(17-7-9-30-19(11-17)13-34)25(16(2)18-8-10-31-20(12-18)14-35)23(36)33(24(37)32-25)21-3-5-22(6-4-21)38-26(27,28)29/h3-12,15-16,34-35H,13-14H2,1-2H3,(H,32,37). The Kier molecular flexibility index (Phi) is 7.38. The van der Waals surface area contributed by atoms with E-state index < -0.39 is 41.4 Å². The first-order valence-electron chi connectivity index (χ1n) is 11.6. The van der Waals surface area contributed by atoms with Gasteiger partial charge in [-0.1, -0.05) is 13.8 Å². The summed E-state index contributed by atoms with van der Waals surface area (Å²) in [6.07, 6.45) is -1.91. The van der Waals surface area contributed by atoms with Gasteiger partial charge in [0.05, 0.1) is 30.3 Å². The van der Waals surface area contributed by atoms with Crippen LogP contribution in [0.2, 0.25) is 0 Å². The quantitative estimate of drug-likeness (QED) is 0.379. The number of pyridine rings is 2. The lowest BCUT2D eigenvalue weighted by Crippen LogP contribution is -2.55. The zero-order valence-corrected chi connectivity index (χ0v) is 20.4. The third-order valence-electron chi connectivity index (χ3n) is 6.77. The molecule has 0 bridgehead atoms. The number of benzene rings is 1. The Bertz CT molecular complexity index is 1280. The molecule has 1 saturated heterocycles. The van der Waals surface area contributed by atoms with E-state index in [9.17, 15) is 33.0 Å². The van der Waals surface area contributed by atoms with E-state index in [0.717, 1.165) is 17.0 Å². The zero-order chi connectivity index (χ0) is 27.7. The fraction of sp³-hybridized carbons (Fsp3) is 0.308. The van der Waals surface area contributed by atoms with Gasteiger partial charge in [-0.05, 0) is 59.7 Å². The number of aliphatic hydroxyl groups is 2. The van der Waals surface area contributed by atoms with E-state index in [-0.39, 0.29) is 18.9 Å². The number of hydrogen-bond donors (Lipinski definition) is 3. The summed E-state index contributed by atoms with van der Waals surface area (Å²) in [5.41, 5.74) is 0.490. The fourth-order valence-electron chi connectivity index (χ4n) is 4.79. The molecule has 4 rings (SSSR count). The number of urea groups is 1. The van der Waals surface area contributed by atoms with E-state index in [1.807, 2.05) is 0 Å². The van der Waals surface area contributed by atoms with Crippen LogP contribution in [-0.4, -0.2) is 44.0 Å². The van der Waals surface area contributed by atoms with Gasteiger partial charge in [0, 0.05) is 24.2 Å². The molecule has 1 fully saturated rings. The lowest BCUT2D eigenvalue weighted by Gasteiger charge is -2.39. The number of rotatable bonds is 8. The van der Waals surface area contributed by atoms with E-state index in [1.54, 1.807) is 38.1 Å². The van der Waals surface area contributed by atoms with Crippen LogP contribution in [0.4, 0.5) is 23.7 Å². The molecule has 0 radical (unpaired) electrons. The summed E-state index contributed by atoms with van der Waals surface area (Å²) in [4.78, 5) is 36.6. The molecule has 38 heavy (non-hydrogen) atoms. The largest absolute Gasteiger partial charge is 0.573 e. The minimum Gasteiger partial charge on any atom is -0.406 e. The van der Waals surface area contributed by atoms with Crippen molar-refractivity contribution in [1.82, 2.24) is 15.3 Å². The maximum absolute atomic E-state index is 14.2. The Hall–Kier alpha value is -4.03. The summed E-state index contributed by atoms with van der Waals surface area (Å²) in [6, 6.07) is 10.3. The summed E-state index contributed by atoms with van der Waals surface area (Å²) in [7, 11) is 0. The predicted molar refractivity (Wildman–Crippen MR) is 129 cm³/mol. The SMILES string of the molecule is CC(c1ccnc(CO)c1)C1(C(C)c2ccnc(CO)c2)NC(=O)N(c2ccc(OC(F)(F)F)cc2)C1=O. The van der Waals surface area contributed by atoms with Crippen LogP contribution >= 0.6 is 0 Å². The van der Waals surface area contributed by atoms with Crippen molar-refractivity contribution < 1.29 is 37.7 Å². The smallest absolute Gasteiger partial charge is 0.406 e. The highest BCUT2D eigenvalue weighted by atomic mass is 19.4. The molecule has 9 nitrogen and oxygen atoms in total. The molecule has 3 amide bonds. The number of imide groups is 1. The summed E-state index contributed by atoms with van der Waals surface area (Å²) >= 11 is 0. The second kappa shape index (κ2) is 10.4. The van der Waals surface area contributed by atoms with Crippen LogP contribution in [0.5, 0.6) is 5.75 Å². The van der Waals surface area contributed by atoms with E-state index in [0.29, 0.717) is 22.5 Å². The molecule has 2 unspecified atom stereocenters. The highest BCUT2D eigenvalue weighted by Crippen LogP contribution is 2.45. The molecule has 1 aromatic carbocycles. The average molecular weight is 531 g/mol. The van der Waals surface area contributed by atoms with E-state index >= 15 is 0 Å². The molecule has 3 N–H and O–H groups in total.